The van der Waals surface area contributed by atoms with E-state index < -0.39 is 0 Å². The molecule has 154 valence electrons. The van der Waals surface area contributed by atoms with E-state index in [4.69, 9.17) is 9.73 Å². The van der Waals surface area contributed by atoms with Crippen molar-refractivity contribution in [3.05, 3.63) is 53.6 Å². The number of nitrogens with zero attached hydrogens (tertiary/aromatic N) is 3. The van der Waals surface area contributed by atoms with Crippen molar-refractivity contribution in [3.63, 3.8) is 0 Å². The number of rotatable bonds is 11. The van der Waals surface area contributed by atoms with Crippen LogP contribution in [-0.4, -0.2) is 41.8 Å². The lowest BCUT2D eigenvalue weighted by atomic mass is 10.1. The van der Waals surface area contributed by atoms with Gasteiger partial charge in [0.2, 0.25) is 0 Å². The maximum atomic E-state index is 5.62. The summed E-state index contributed by atoms with van der Waals surface area (Å²) in [6.45, 7) is 13.2. The Balaban J connectivity index is 1.84. The summed E-state index contributed by atoms with van der Waals surface area (Å²) in [6, 6.07) is 8.58. The summed E-state index contributed by atoms with van der Waals surface area (Å²) < 4.78 is 7.77. The fourth-order valence-corrected chi connectivity index (χ4v) is 2.81. The highest BCUT2D eigenvalue weighted by Gasteiger charge is 2.02. The Morgan fingerprint density at radius 2 is 2.07 bits per heavy atom. The van der Waals surface area contributed by atoms with Crippen molar-refractivity contribution in [2.75, 3.05) is 26.3 Å². The lowest BCUT2D eigenvalue weighted by molar-refractivity contribution is 0.108. The van der Waals surface area contributed by atoms with E-state index in [0.29, 0.717) is 12.5 Å². The van der Waals surface area contributed by atoms with Crippen molar-refractivity contribution in [3.8, 4) is 0 Å². The van der Waals surface area contributed by atoms with Gasteiger partial charge in [0.1, 0.15) is 5.82 Å². The average Bonchev–Trinajstić information content (AvgIpc) is 3.07. The van der Waals surface area contributed by atoms with Crippen LogP contribution < -0.4 is 10.6 Å². The van der Waals surface area contributed by atoms with Crippen molar-refractivity contribution >= 4 is 5.96 Å². The molecule has 0 aliphatic rings. The molecule has 0 atom stereocenters. The molecule has 0 saturated heterocycles. The van der Waals surface area contributed by atoms with E-state index in [1.165, 1.54) is 11.1 Å². The largest absolute Gasteiger partial charge is 0.381 e. The number of benzene rings is 1. The SMILES string of the molecule is CCNC(=NCc1cccc(Cn2ccnc2C)c1)NCCCOCC(C)C. The third-order valence-corrected chi connectivity index (χ3v) is 4.24. The van der Waals surface area contributed by atoms with Crippen LogP contribution in [0.3, 0.4) is 0 Å². The van der Waals surface area contributed by atoms with Gasteiger partial charge in [0.25, 0.3) is 0 Å². The predicted octanol–water partition coefficient (Wildman–Crippen LogP) is 3.36. The predicted molar refractivity (Wildman–Crippen MR) is 116 cm³/mol. The van der Waals surface area contributed by atoms with Crippen LogP contribution in [0.2, 0.25) is 0 Å². The molecule has 0 aliphatic heterocycles. The molecule has 0 amide bonds. The third kappa shape index (κ3) is 8.13. The number of ether oxygens (including phenoxy) is 1. The minimum atomic E-state index is 0.584. The van der Waals surface area contributed by atoms with Crippen molar-refractivity contribution in [2.45, 2.75) is 47.2 Å². The van der Waals surface area contributed by atoms with Gasteiger partial charge in [-0.1, -0.05) is 38.1 Å². The highest BCUT2D eigenvalue weighted by molar-refractivity contribution is 5.79. The molecule has 6 nitrogen and oxygen atoms in total. The smallest absolute Gasteiger partial charge is 0.191 e. The van der Waals surface area contributed by atoms with Crippen LogP contribution in [0.1, 0.15) is 44.1 Å². The van der Waals surface area contributed by atoms with Crippen LogP contribution in [-0.2, 0) is 17.8 Å². The van der Waals surface area contributed by atoms with Crippen molar-refractivity contribution < 1.29 is 4.74 Å². The van der Waals surface area contributed by atoms with Crippen molar-refractivity contribution in [2.24, 2.45) is 10.9 Å². The Morgan fingerprint density at radius 1 is 1.25 bits per heavy atom. The molecule has 2 N–H and O–H groups in total. The fraction of sp³-hybridized carbons (Fsp3) is 0.545. The summed E-state index contributed by atoms with van der Waals surface area (Å²) in [6.07, 6.45) is 4.82. The highest BCUT2D eigenvalue weighted by atomic mass is 16.5. The van der Waals surface area contributed by atoms with Gasteiger partial charge in [-0.15, -0.1) is 0 Å². The van der Waals surface area contributed by atoms with Gasteiger partial charge in [0.15, 0.2) is 5.96 Å². The lowest BCUT2D eigenvalue weighted by Crippen LogP contribution is -2.38. The Hall–Kier alpha value is -2.34. The van der Waals surface area contributed by atoms with E-state index in [0.717, 1.165) is 51.1 Å². The van der Waals surface area contributed by atoms with Crippen LogP contribution >= 0.6 is 0 Å². The Morgan fingerprint density at radius 3 is 2.79 bits per heavy atom. The molecule has 0 fully saturated rings. The first-order valence-electron chi connectivity index (χ1n) is 10.2. The van der Waals surface area contributed by atoms with Crippen LogP contribution in [0.4, 0.5) is 0 Å². The summed E-state index contributed by atoms with van der Waals surface area (Å²) in [5.41, 5.74) is 2.46. The molecule has 1 aromatic heterocycles. The van der Waals surface area contributed by atoms with Crippen LogP contribution in [0.15, 0.2) is 41.7 Å². The molecule has 1 aromatic carbocycles. The molecule has 0 aliphatic carbocycles. The Bertz CT molecular complexity index is 723. The minimum absolute atomic E-state index is 0.584. The average molecular weight is 386 g/mol. The minimum Gasteiger partial charge on any atom is -0.381 e. The van der Waals surface area contributed by atoms with Crippen LogP contribution in [0.5, 0.6) is 0 Å². The van der Waals surface area contributed by atoms with E-state index >= 15 is 0 Å². The second-order valence-corrected chi connectivity index (χ2v) is 7.37. The molecular weight excluding hydrogens is 350 g/mol. The summed E-state index contributed by atoms with van der Waals surface area (Å²) in [5.74, 6) is 2.46. The maximum absolute atomic E-state index is 5.62. The summed E-state index contributed by atoms with van der Waals surface area (Å²) in [7, 11) is 0. The van der Waals surface area contributed by atoms with Gasteiger partial charge < -0.3 is 19.9 Å². The van der Waals surface area contributed by atoms with Gasteiger partial charge in [-0.25, -0.2) is 9.98 Å². The first-order chi connectivity index (χ1) is 13.6. The van der Waals surface area contributed by atoms with Crippen LogP contribution in [0, 0.1) is 12.8 Å². The summed E-state index contributed by atoms with van der Waals surface area (Å²) in [5, 5.41) is 6.69. The van der Waals surface area contributed by atoms with Crippen LogP contribution in [0.25, 0.3) is 0 Å². The van der Waals surface area contributed by atoms with E-state index in [1.54, 1.807) is 0 Å². The normalized spacial score (nSPS) is 11.8. The highest BCUT2D eigenvalue weighted by Crippen LogP contribution is 2.09. The number of hydrogen-bond donors (Lipinski definition) is 2. The first-order valence-corrected chi connectivity index (χ1v) is 10.2. The van der Waals surface area contributed by atoms with Crippen molar-refractivity contribution in [1.82, 2.24) is 20.2 Å². The number of aromatic nitrogens is 2. The van der Waals surface area contributed by atoms with E-state index in [2.05, 4.69) is 65.2 Å². The second-order valence-electron chi connectivity index (χ2n) is 7.37. The van der Waals surface area contributed by atoms with E-state index in [1.807, 2.05) is 19.3 Å². The third-order valence-electron chi connectivity index (χ3n) is 4.24. The number of aliphatic imine (C=N–C) groups is 1. The van der Waals surface area contributed by atoms with Gasteiger partial charge in [-0.3, -0.25) is 0 Å². The monoisotopic (exact) mass is 385 g/mol. The number of imidazole rings is 1. The number of hydrogen-bond acceptors (Lipinski definition) is 3. The fourth-order valence-electron chi connectivity index (χ4n) is 2.81. The van der Waals surface area contributed by atoms with Crippen molar-refractivity contribution in [1.29, 1.82) is 0 Å². The Kier molecular flexibility index (Phi) is 9.55. The summed E-state index contributed by atoms with van der Waals surface area (Å²) >= 11 is 0. The molecule has 0 saturated carbocycles. The summed E-state index contributed by atoms with van der Waals surface area (Å²) in [4.78, 5) is 9.01. The number of guanidine groups is 1. The Labute approximate surface area is 169 Å². The zero-order valence-electron chi connectivity index (χ0n) is 17.7. The standard InChI is InChI=1S/C22H35N5O/c1-5-23-22(25-10-7-13-28-17-18(2)3)26-15-20-8-6-9-21(14-20)16-27-12-11-24-19(27)4/h6,8-9,11-12,14,18H,5,7,10,13,15-17H2,1-4H3,(H2,23,25,26). The lowest BCUT2D eigenvalue weighted by Gasteiger charge is -2.12. The molecule has 2 rings (SSSR count). The van der Waals surface area contributed by atoms with Gasteiger partial charge in [-0.05, 0) is 37.3 Å². The topological polar surface area (TPSA) is 63.5 Å². The molecule has 1 heterocycles. The van der Waals surface area contributed by atoms with E-state index in [9.17, 15) is 0 Å². The van der Waals surface area contributed by atoms with Gasteiger partial charge in [0.05, 0.1) is 6.54 Å². The van der Waals surface area contributed by atoms with Gasteiger partial charge >= 0.3 is 0 Å². The molecule has 0 unspecified atom stereocenters. The molecule has 0 spiro atoms. The zero-order valence-corrected chi connectivity index (χ0v) is 17.7. The molecule has 0 bridgehead atoms. The first kappa shape index (κ1) is 22.0. The molecule has 28 heavy (non-hydrogen) atoms. The number of nitrogens with one attached hydrogen (secondary N) is 2. The quantitative estimate of drug-likeness (QED) is 0.354. The number of aryl methyl sites for hydroxylation is 1. The maximum Gasteiger partial charge on any atom is 0.191 e. The van der Waals surface area contributed by atoms with E-state index in [-0.39, 0.29) is 0 Å². The zero-order chi connectivity index (χ0) is 20.2. The molecule has 0 radical (unpaired) electrons. The second kappa shape index (κ2) is 12.2. The molecule has 6 heteroatoms. The van der Waals surface area contributed by atoms with Gasteiger partial charge in [0, 0.05) is 45.2 Å². The molecule has 2 aromatic rings. The van der Waals surface area contributed by atoms with Gasteiger partial charge in [-0.2, -0.15) is 0 Å². The molecular formula is C22H35N5O.